The van der Waals surface area contributed by atoms with E-state index in [1.54, 1.807) is 0 Å². The van der Waals surface area contributed by atoms with E-state index in [1.807, 2.05) is 7.11 Å². The summed E-state index contributed by atoms with van der Waals surface area (Å²) in [5, 5.41) is 3.54. The van der Waals surface area contributed by atoms with E-state index in [0.717, 1.165) is 23.8 Å². The average molecular weight is 211 g/mol. The van der Waals surface area contributed by atoms with Gasteiger partial charge in [-0.1, -0.05) is 13.3 Å². The highest BCUT2D eigenvalue weighted by Crippen LogP contribution is 2.44. The van der Waals surface area contributed by atoms with Gasteiger partial charge in [-0.15, -0.1) is 0 Å². The minimum atomic E-state index is 0.530. The Morgan fingerprint density at radius 3 is 2.13 bits per heavy atom. The molecule has 2 bridgehead atoms. The van der Waals surface area contributed by atoms with Crippen LogP contribution in [0.25, 0.3) is 0 Å². The van der Waals surface area contributed by atoms with E-state index in [0.29, 0.717) is 6.10 Å². The summed E-state index contributed by atoms with van der Waals surface area (Å²) in [6.07, 6.45) is 7.27. The monoisotopic (exact) mass is 211 g/mol. The Balaban J connectivity index is 2.05. The van der Waals surface area contributed by atoms with Crippen molar-refractivity contribution >= 4 is 0 Å². The summed E-state index contributed by atoms with van der Waals surface area (Å²) in [4.78, 5) is 0. The van der Waals surface area contributed by atoms with Crippen LogP contribution in [0.2, 0.25) is 0 Å². The second kappa shape index (κ2) is 4.84. The van der Waals surface area contributed by atoms with Crippen molar-refractivity contribution in [2.75, 3.05) is 14.2 Å². The van der Waals surface area contributed by atoms with Gasteiger partial charge in [-0.2, -0.15) is 0 Å². The van der Waals surface area contributed by atoms with Crippen LogP contribution in [0.15, 0.2) is 0 Å². The van der Waals surface area contributed by atoms with Gasteiger partial charge in [0, 0.05) is 13.2 Å². The molecule has 0 saturated heterocycles. The van der Waals surface area contributed by atoms with Crippen molar-refractivity contribution in [2.24, 2.45) is 17.8 Å². The van der Waals surface area contributed by atoms with Gasteiger partial charge in [-0.3, -0.25) is 0 Å². The van der Waals surface area contributed by atoms with Gasteiger partial charge < -0.3 is 10.1 Å². The highest BCUT2D eigenvalue weighted by atomic mass is 16.5. The normalized spacial score (nSPS) is 45.4. The van der Waals surface area contributed by atoms with E-state index in [2.05, 4.69) is 19.3 Å². The molecule has 2 atom stereocenters. The summed E-state index contributed by atoms with van der Waals surface area (Å²) in [6, 6.07) is 0.763. The fraction of sp³-hybridized carbons (Fsp3) is 1.00. The third kappa shape index (κ3) is 2.21. The first-order valence-corrected chi connectivity index (χ1v) is 6.48. The SMILES string of the molecule is CCC1CC2CC(OC)CC(C1)C2NC. The molecule has 88 valence electrons. The van der Waals surface area contributed by atoms with Crippen molar-refractivity contribution in [3.8, 4) is 0 Å². The first kappa shape index (κ1) is 11.4. The number of rotatable bonds is 3. The molecule has 2 aliphatic rings. The summed E-state index contributed by atoms with van der Waals surface area (Å²) >= 11 is 0. The molecule has 0 aromatic carbocycles. The van der Waals surface area contributed by atoms with E-state index >= 15 is 0 Å². The van der Waals surface area contributed by atoms with Crippen molar-refractivity contribution in [3.05, 3.63) is 0 Å². The zero-order chi connectivity index (χ0) is 10.8. The number of hydrogen-bond donors (Lipinski definition) is 1. The molecule has 2 rings (SSSR count). The van der Waals surface area contributed by atoms with Crippen molar-refractivity contribution in [1.29, 1.82) is 0 Å². The van der Waals surface area contributed by atoms with Gasteiger partial charge in [-0.05, 0) is 50.5 Å². The summed E-state index contributed by atoms with van der Waals surface area (Å²) in [7, 11) is 4.00. The number of hydrogen-bond acceptors (Lipinski definition) is 2. The molecule has 2 heteroatoms. The van der Waals surface area contributed by atoms with Crippen molar-refractivity contribution in [3.63, 3.8) is 0 Å². The Hall–Kier alpha value is -0.0800. The standard InChI is InChI=1S/C13H25NO/c1-4-9-5-10-7-12(15-3)8-11(6-9)13(10)14-2/h9-14H,4-8H2,1-3H3. The molecule has 0 heterocycles. The minimum absolute atomic E-state index is 0.530. The van der Waals surface area contributed by atoms with Gasteiger partial charge in [0.25, 0.3) is 0 Å². The number of methoxy groups -OCH3 is 1. The third-order valence-electron chi connectivity index (χ3n) is 4.66. The zero-order valence-electron chi connectivity index (χ0n) is 10.3. The van der Waals surface area contributed by atoms with E-state index in [9.17, 15) is 0 Å². The molecule has 0 aromatic heterocycles. The van der Waals surface area contributed by atoms with Crippen molar-refractivity contribution < 1.29 is 4.74 Å². The number of ether oxygens (including phenoxy) is 1. The van der Waals surface area contributed by atoms with E-state index < -0.39 is 0 Å². The molecule has 0 radical (unpaired) electrons. The lowest BCUT2D eigenvalue weighted by Crippen LogP contribution is -2.51. The topological polar surface area (TPSA) is 21.3 Å². The molecular weight excluding hydrogens is 186 g/mol. The molecule has 1 N–H and O–H groups in total. The van der Waals surface area contributed by atoms with Crippen LogP contribution in [0.4, 0.5) is 0 Å². The van der Waals surface area contributed by atoms with Crippen LogP contribution >= 0.6 is 0 Å². The maximum Gasteiger partial charge on any atom is 0.0577 e. The van der Waals surface area contributed by atoms with Gasteiger partial charge in [0.15, 0.2) is 0 Å². The van der Waals surface area contributed by atoms with Crippen molar-refractivity contribution in [2.45, 2.75) is 51.2 Å². The molecule has 0 amide bonds. The largest absolute Gasteiger partial charge is 0.381 e. The van der Waals surface area contributed by atoms with Crippen LogP contribution in [-0.4, -0.2) is 26.3 Å². The van der Waals surface area contributed by atoms with Gasteiger partial charge in [0.2, 0.25) is 0 Å². The lowest BCUT2D eigenvalue weighted by molar-refractivity contribution is -0.0226. The van der Waals surface area contributed by atoms with Crippen LogP contribution < -0.4 is 5.32 Å². The Morgan fingerprint density at radius 1 is 1.13 bits per heavy atom. The molecule has 0 spiro atoms. The Morgan fingerprint density at radius 2 is 1.73 bits per heavy atom. The van der Waals surface area contributed by atoms with Gasteiger partial charge in [0.05, 0.1) is 6.10 Å². The molecule has 2 fully saturated rings. The summed E-state index contributed by atoms with van der Waals surface area (Å²) < 4.78 is 5.56. The maximum atomic E-state index is 5.56. The summed E-state index contributed by atoms with van der Waals surface area (Å²) in [6.45, 7) is 2.34. The van der Waals surface area contributed by atoms with Crippen LogP contribution in [0.5, 0.6) is 0 Å². The van der Waals surface area contributed by atoms with Gasteiger partial charge in [-0.25, -0.2) is 0 Å². The van der Waals surface area contributed by atoms with Crippen LogP contribution in [0, 0.1) is 17.8 Å². The molecule has 2 nitrogen and oxygen atoms in total. The Labute approximate surface area is 93.8 Å². The van der Waals surface area contributed by atoms with Crippen molar-refractivity contribution in [1.82, 2.24) is 5.32 Å². The second-order valence-electron chi connectivity index (χ2n) is 5.41. The number of nitrogens with one attached hydrogen (secondary N) is 1. The molecule has 2 saturated carbocycles. The summed E-state index contributed by atoms with van der Waals surface area (Å²) in [5.41, 5.74) is 0. The smallest absolute Gasteiger partial charge is 0.0577 e. The van der Waals surface area contributed by atoms with E-state index in [4.69, 9.17) is 4.74 Å². The lowest BCUT2D eigenvalue weighted by Gasteiger charge is -2.48. The molecule has 2 unspecified atom stereocenters. The Kier molecular flexibility index (Phi) is 3.68. The molecule has 0 aliphatic heterocycles. The highest BCUT2D eigenvalue weighted by Gasteiger charge is 2.42. The van der Waals surface area contributed by atoms with Gasteiger partial charge >= 0.3 is 0 Å². The fourth-order valence-electron chi connectivity index (χ4n) is 3.89. The molecular formula is C13H25NO. The predicted molar refractivity (Wildman–Crippen MR) is 62.9 cm³/mol. The second-order valence-corrected chi connectivity index (χ2v) is 5.41. The van der Waals surface area contributed by atoms with Crippen LogP contribution in [-0.2, 0) is 4.74 Å². The minimum Gasteiger partial charge on any atom is -0.381 e. The van der Waals surface area contributed by atoms with Crippen LogP contribution in [0.1, 0.15) is 39.0 Å². The maximum absolute atomic E-state index is 5.56. The van der Waals surface area contributed by atoms with E-state index in [-0.39, 0.29) is 0 Å². The first-order valence-electron chi connectivity index (χ1n) is 6.48. The molecule has 2 aliphatic carbocycles. The molecule has 15 heavy (non-hydrogen) atoms. The zero-order valence-corrected chi connectivity index (χ0v) is 10.3. The average Bonchev–Trinajstić information content (AvgIpc) is 2.26. The third-order valence-corrected chi connectivity index (χ3v) is 4.66. The highest BCUT2D eigenvalue weighted by molar-refractivity contribution is 4.96. The lowest BCUT2D eigenvalue weighted by atomic mass is 9.63. The number of fused-ring (bicyclic) bond motifs is 2. The van der Waals surface area contributed by atoms with E-state index in [1.165, 1.54) is 32.1 Å². The first-order chi connectivity index (χ1) is 7.28. The molecule has 0 aromatic rings. The van der Waals surface area contributed by atoms with Gasteiger partial charge in [0.1, 0.15) is 0 Å². The fourth-order valence-corrected chi connectivity index (χ4v) is 3.89. The summed E-state index contributed by atoms with van der Waals surface area (Å²) in [5.74, 6) is 2.69. The predicted octanol–water partition coefficient (Wildman–Crippen LogP) is 2.44. The van der Waals surface area contributed by atoms with Crippen LogP contribution in [0.3, 0.4) is 0 Å². The quantitative estimate of drug-likeness (QED) is 0.774. The Bertz CT molecular complexity index is 175.